The first-order chi connectivity index (χ1) is 8.83. The number of rotatable bonds is 1. The Bertz CT molecular complexity index is 515. The lowest BCUT2D eigenvalue weighted by Gasteiger charge is -1.99. The molecule has 1 heterocycles. The van der Waals surface area contributed by atoms with E-state index in [0.717, 1.165) is 16.5 Å². The van der Waals surface area contributed by atoms with E-state index in [4.69, 9.17) is 10.4 Å². The van der Waals surface area contributed by atoms with Crippen molar-refractivity contribution in [1.29, 1.82) is 5.26 Å². The topological polar surface area (TPSA) is 56.9 Å². The Hall–Kier alpha value is -1.92. The third-order valence-corrected chi connectivity index (χ3v) is 2.06. The molecule has 2 rings (SSSR count). The first kappa shape index (κ1) is 16.1. The van der Waals surface area contributed by atoms with Crippen LogP contribution < -0.4 is 0 Å². The summed E-state index contributed by atoms with van der Waals surface area (Å²) in [6.07, 6.45) is 1.54. The van der Waals surface area contributed by atoms with Crippen LogP contribution in [0.1, 0.15) is 38.8 Å². The van der Waals surface area contributed by atoms with Gasteiger partial charge < -0.3 is 5.11 Å². The molecule has 1 N–H and O–H groups in total. The number of aromatic nitrogens is 1. The number of hydrogen-bond acceptors (Lipinski definition) is 3. The minimum atomic E-state index is 0.00667. The predicted octanol–water partition coefficient (Wildman–Crippen LogP) is 3.65. The molecular weight excluding hydrogens is 224 g/mol. The van der Waals surface area contributed by atoms with E-state index in [1.165, 1.54) is 0 Å². The van der Waals surface area contributed by atoms with Crippen LogP contribution in [0, 0.1) is 11.3 Å². The molecule has 1 aromatic carbocycles. The van der Waals surface area contributed by atoms with Crippen LogP contribution in [0.4, 0.5) is 0 Å². The van der Waals surface area contributed by atoms with Crippen molar-refractivity contribution in [2.75, 3.05) is 0 Å². The molecule has 0 saturated heterocycles. The van der Waals surface area contributed by atoms with Gasteiger partial charge in [0.15, 0.2) is 0 Å². The third kappa shape index (κ3) is 4.15. The second kappa shape index (κ2) is 9.15. The van der Waals surface area contributed by atoms with Crippen molar-refractivity contribution in [2.45, 2.75) is 34.3 Å². The monoisotopic (exact) mass is 244 g/mol. The average molecular weight is 244 g/mol. The molecule has 0 fully saturated rings. The zero-order valence-corrected chi connectivity index (χ0v) is 11.4. The summed E-state index contributed by atoms with van der Waals surface area (Å²) in [5.41, 5.74) is 2.20. The van der Waals surface area contributed by atoms with Crippen molar-refractivity contribution in [3.05, 3.63) is 41.6 Å². The van der Waals surface area contributed by atoms with E-state index in [9.17, 15) is 0 Å². The van der Waals surface area contributed by atoms with Gasteiger partial charge in [0, 0.05) is 11.6 Å². The zero-order chi connectivity index (χ0) is 14.0. The zero-order valence-electron chi connectivity index (χ0n) is 11.4. The number of aliphatic hydroxyl groups is 1. The quantitative estimate of drug-likeness (QED) is 0.833. The summed E-state index contributed by atoms with van der Waals surface area (Å²) in [5.74, 6) is 0. The Morgan fingerprint density at radius 2 is 1.83 bits per heavy atom. The maximum atomic E-state index is 8.94. The number of hydrogen-bond donors (Lipinski definition) is 1. The van der Waals surface area contributed by atoms with Gasteiger partial charge in [0.05, 0.1) is 17.7 Å². The van der Waals surface area contributed by atoms with Crippen LogP contribution in [0.25, 0.3) is 10.9 Å². The van der Waals surface area contributed by atoms with E-state index in [1.807, 2.05) is 52.0 Å². The summed E-state index contributed by atoms with van der Waals surface area (Å²) in [7, 11) is 0. The first-order valence-corrected chi connectivity index (χ1v) is 6.23. The van der Waals surface area contributed by atoms with Gasteiger partial charge in [-0.05, 0) is 23.8 Å². The first-order valence-electron chi connectivity index (χ1n) is 6.23. The summed E-state index contributed by atoms with van der Waals surface area (Å²) in [6, 6.07) is 9.29. The number of pyridine rings is 1. The van der Waals surface area contributed by atoms with Crippen LogP contribution in [-0.2, 0) is 6.61 Å². The Labute approximate surface area is 109 Å². The van der Waals surface area contributed by atoms with Crippen molar-refractivity contribution in [3.8, 4) is 6.07 Å². The van der Waals surface area contributed by atoms with Gasteiger partial charge in [-0.15, -0.1) is 0 Å². The molecule has 0 amide bonds. The Morgan fingerprint density at radius 3 is 2.39 bits per heavy atom. The molecule has 0 saturated carbocycles. The highest BCUT2D eigenvalue weighted by Crippen LogP contribution is 2.15. The molecule has 0 bridgehead atoms. The lowest BCUT2D eigenvalue weighted by molar-refractivity contribution is 0.282. The molecule has 0 aliphatic heterocycles. The van der Waals surface area contributed by atoms with Gasteiger partial charge in [0.2, 0.25) is 0 Å². The van der Waals surface area contributed by atoms with Gasteiger partial charge >= 0.3 is 0 Å². The van der Waals surface area contributed by atoms with Crippen LogP contribution in [0.5, 0.6) is 0 Å². The number of nitrogens with zero attached hydrogens (tertiary/aromatic N) is 2. The van der Waals surface area contributed by atoms with Crippen LogP contribution in [0.15, 0.2) is 30.5 Å². The molecule has 0 atom stereocenters. The molecular formula is C15H20N2O. The molecule has 18 heavy (non-hydrogen) atoms. The van der Waals surface area contributed by atoms with Crippen LogP contribution in [-0.4, -0.2) is 10.1 Å². The largest absolute Gasteiger partial charge is 0.392 e. The van der Waals surface area contributed by atoms with Gasteiger partial charge in [0.1, 0.15) is 6.07 Å². The molecule has 2 aromatic rings. The number of benzene rings is 1. The van der Waals surface area contributed by atoms with Crippen LogP contribution in [0.2, 0.25) is 0 Å². The average Bonchev–Trinajstić information content (AvgIpc) is 2.50. The van der Waals surface area contributed by atoms with Crippen LogP contribution in [0.3, 0.4) is 0 Å². The van der Waals surface area contributed by atoms with Gasteiger partial charge in [-0.3, -0.25) is 4.98 Å². The summed E-state index contributed by atoms with van der Waals surface area (Å²) in [6.45, 7) is 8.01. The minimum Gasteiger partial charge on any atom is -0.392 e. The molecule has 96 valence electrons. The van der Waals surface area contributed by atoms with Gasteiger partial charge in [-0.1, -0.05) is 33.8 Å². The number of fused-ring (bicyclic) bond motifs is 1. The molecule has 0 radical (unpaired) electrons. The van der Waals surface area contributed by atoms with Gasteiger partial charge in [0.25, 0.3) is 0 Å². The fourth-order valence-corrected chi connectivity index (χ4v) is 1.34. The molecule has 0 unspecified atom stereocenters. The van der Waals surface area contributed by atoms with Crippen molar-refractivity contribution in [2.24, 2.45) is 0 Å². The third-order valence-electron chi connectivity index (χ3n) is 2.06. The second-order valence-corrected chi connectivity index (χ2v) is 3.02. The molecule has 3 nitrogen and oxygen atoms in total. The number of aliphatic hydroxyl groups excluding tert-OH is 1. The maximum Gasteiger partial charge on any atom is 0.101 e. The summed E-state index contributed by atoms with van der Waals surface area (Å²) in [4.78, 5) is 4.12. The summed E-state index contributed by atoms with van der Waals surface area (Å²) < 4.78 is 0. The Morgan fingerprint density at radius 1 is 1.17 bits per heavy atom. The van der Waals surface area contributed by atoms with E-state index >= 15 is 0 Å². The highest BCUT2D eigenvalue weighted by Gasteiger charge is 1.98. The standard InChI is InChI=1S/C11H8N2O.2C2H6/c12-5-9-4-10-3-8(7-14)1-2-11(10)13-6-9;2*1-2/h1-4,6,14H,7H2;2*1-2H3. The predicted molar refractivity (Wildman–Crippen MR) is 75.1 cm³/mol. The molecule has 0 aliphatic rings. The maximum absolute atomic E-state index is 8.94. The Balaban J connectivity index is 0.000000659. The lowest BCUT2D eigenvalue weighted by atomic mass is 10.1. The highest BCUT2D eigenvalue weighted by atomic mass is 16.3. The smallest absolute Gasteiger partial charge is 0.101 e. The summed E-state index contributed by atoms with van der Waals surface area (Å²) in [5, 5.41) is 18.5. The van der Waals surface area contributed by atoms with Crippen LogP contribution >= 0.6 is 0 Å². The molecule has 3 heteroatoms. The SMILES string of the molecule is CC.CC.N#Cc1cnc2ccc(CO)cc2c1. The van der Waals surface area contributed by atoms with E-state index in [-0.39, 0.29) is 6.61 Å². The molecule has 0 aliphatic carbocycles. The Kier molecular flexibility index (Phi) is 8.17. The second-order valence-electron chi connectivity index (χ2n) is 3.02. The fourth-order valence-electron chi connectivity index (χ4n) is 1.34. The van der Waals surface area contributed by atoms with Gasteiger partial charge in [-0.25, -0.2) is 0 Å². The van der Waals surface area contributed by atoms with E-state index < -0.39 is 0 Å². The van der Waals surface area contributed by atoms with E-state index in [0.29, 0.717) is 5.56 Å². The number of nitriles is 1. The van der Waals surface area contributed by atoms with E-state index in [2.05, 4.69) is 4.98 Å². The van der Waals surface area contributed by atoms with Crippen molar-refractivity contribution in [1.82, 2.24) is 4.98 Å². The van der Waals surface area contributed by atoms with Crippen molar-refractivity contribution < 1.29 is 5.11 Å². The van der Waals surface area contributed by atoms with Crippen molar-refractivity contribution >= 4 is 10.9 Å². The highest BCUT2D eigenvalue weighted by molar-refractivity contribution is 5.80. The lowest BCUT2D eigenvalue weighted by Crippen LogP contribution is -1.86. The normalized spacial score (nSPS) is 8.44. The van der Waals surface area contributed by atoms with E-state index in [1.54, 1.807) is 12.3 Å². The molecule has 0 spiro atoms. The summed E-state index contributed by atoms with van der Waals surface area (Å²) >= 11 is 0. The molecule has 1 aromatic heterocycles. The minimum absolute atomic E-state index is 0.00667. The van der Waals surface area contributed by atoms with Crippen molar-refractivity contribution in [3.63, 3.8) is 0 Å². The fraction of sp³-hybridized carbons (Fsp3) is 0.333. The van der Waals surface area contributed by atoms with Gasteiger partial charge in [-0.2, -0.15) is 5.26 Å².